The topological polar surface area (TPSA) is 45.2 Å². The van der Waals surface area contributed by atoms with Crippen molar-refractivity contribution in [1.29, 1.82) is 0 Å². The van der Waals surface area contributed by atoms with E-state index < -0.39 is 0 Å². The molecule has 1 amide bonds. The predicted molar refractivity (Wildman–Crippen MR) is 61.8 cm³/mol. The van der Waals surface area contributed by atoms with E-state index in [0.717, 1.165) is 31.7 Å². The smallest absolute Gasteiger partial charge is 0.223 e. The van der Waals surface area contributed by atoms with Gasteiger partial charge in [-0.05, 0) is 25.1 Å². The lowest BCUT2D eigenvalue weighted by molar-refractivity contribution is -0.132. The van der Waals surface area contributed by atoms with E-state index in [9.17, 15) is 4.79 Å². The molecule has 16 heavy (non-hydrogen) atoms. The molecule has 1 aromatic rings. The van der Waals surface area contributed by atoms with Gasteiger partial charge in [0.2, 0.25) is 5.91 Å². The van der Waals surface area contributed by atoms with Crippen LogP contribution in [0.5, 0.6) is 0 Å². The Hall–Kier alpha value is -1.42. The Morgan fingerprint density at radius 1 is 1.38 bits per heavy atom. The molecule has 1 aliphatic heterocycles. The molecule has 4 heteroatoms. The number of carbonyl (C=O) groups excluding carboxylic acids is 1. The molecule has 0 unspecified atom stereocenters. The Morgan fingerprint density at radius 2 is 2.31 bits per heavy atom. The van der Waals surface area contributed by atoms with Gasteiger partial charge in [0.25, 0.3) is 0 Å². The molecular formula is C12H17N3O. The molecule has 0 spiro atoms. The second kappa shape index (κ2) is 5.61. The molecule has 0 saturated carbocycles. The number of nitrogens with one attached hydrogen (secondary N) is 1. The van der Waals surface area contributed by atoms with Crippen LogP contribution in [0.2, 0.25) is 0 Å². The molecule has 1 N–H and O–H groups in total. The zero-order valence-corrected chi connectivity index (χ0v) is 9.35. The Bertz CT molecular complexity index is 339. The van der Waals surface area contributed by atoms with E-state index >= 15 is 0 Å². The molecule has 0 aromatic carbocycles. The first-order valence-corrected chi connectivity index (χ1v) is 5.74. The van der Waals surface area contributed by atoms with Gasteiger partial charge in [0.15, 0.2) is 0 Å². The molecule has 86 valence electrons. The molecule has 1 aromatic heterocycles. The maximum atomic E-state index is 11.8. The van der Waals surface area contributed by atoms with E-state index in [1.165, 1.54) is 0 Å². The van der Waals surface area contributed by atoms with Crippen LogP contribution in [0.25, 0.3) is 0 Å². The summed E-state index contributed by atoms with van der Waals surface area (Å²) in [7, 11) is 0. The number of nitrogens with zero attached hydrogens (tertiary/aromatic N) is 2. The molecule has 0 atom stereocenters. The predicted octanol–water partition coefficient (Wildman–Crippen LogP) is 0.794. The summed E-state index contributed by atoms with van der Waals surface area (Å²) in [6.45, 7) is 3.22. The zero-order chi connectivity index (χ0) is 11.2. The third kappa shape index (κ3) is 3.03. The SMILES string of the molecule is O=C1CCCNCCN1Cc1ccccn1. The third-order valence-electron chi connectivity index (χ3n) is 2.73. The molecule has 0 radical (unpaired) electrons. The van der Waals surface area contributed by atoms with Gasteiger partial charge in [0.05, 0.1) is 12.2 Å². The highest BCUT2D eigenvalue weighted by atomic mass is 16.2. The van der Waals surface area contributed by atoms with Crippen molar-refractivity contribution in [3.8, 4) is 0 Å². The van der Waals surface area contributed by atoms with Crippen molar-refractivity contribution in [3.05, 3.63) is 30.1 Å². The highest BCUT2D eigenvalue weighted by Crippen LogP contribution is 2.05. The average molecular weight is 219 g/mol. The van der Waals surface area contributed by atoms with Gasteiger partial charge in [-0.1, -0.05) is 6.07 Å². The summed E-state index contributed by atoms with van der Waals surface area (Å²) < 4.78 is 0. The number of amides is 1. The highest BCUT2D eigenvalue weighted by Gasteiger charge is 2.15. The lowest BCUT2D eigenvalue weighted by atomic mass is 10.2. The molecule has 0 bridgehead atoms. The maximum absolute atomic E-state index is 11.8. The van der Waals surface area contributed by atoms with Crippen molar-refractivity contribution in [2.24, 2.45) is 0 Å². The lowest BCUT2D eigenvalue weighted by Crippen LogP contribution is -2.39. The van der Waals surface area contributed by atoms with Gasteiger partial charge in [-0.3, -0.25) is 9.78 Å². The van der Waals surface area contributed by atoms with E-state index in [1.807, 2.05) is 23.1 Å². The van der Waals surface area contributed by atoms with Crippen LogP contribution in [0, 0.1) is 0 Å². The van der Waals surface area contributed by atoms with Crippen molar-refractivity contribution in [1.82, 2.24) is 15.2 Å². The van der Waals surface area contributed by atoms with Gasteiger partial charge in [-0.15, -0.1) is 0 Å². The minimum atomic E-state index is 0.243. The molecule has 1 aliphatic rings. The highest BCUT2D eigenvalue weighted by molar-refractivity contribution is 5.76. The Morgan fingerprint density at radius 3 is 3.12 bits per heavy atom. The van der Waals surface area contributed by atoms with Gasteiger partial charge in [-0.25, -0.2) is 0 Å². The third-order valence-corrected chi connectivity index (χ3v) is 2.73. The summed E-state index contributed by atoms with van der Waals surface area (Å²) >= 11 is 0. The molecule has 1 fully saturated rings. The molecule has 1 saturated heterocycles. The Balaban J connectivity index is 1.98. The summed E-state index contributed by atoms with van der Waals surface area (Å²) in [4.78, 5) is 18.0. The van der Waals surface area contributed by atoms with Crippen LogP contribution in [-0.4, -0.2) is 35.4 Å². The van der Waals surface area contributed by atoms with Gasteiger partial charge in [0.1, 0.15) is 0 Å². The molecule has 4 nitrogen and oxygen atoms in total. The van der Waals surface area contributed by atoms with Crippen molar-refractivity contribution < 1.29 is 4.79 Å². The molecule has 2 heterocycles. The van der Waals surface area contributed by atoms with Crippen LogP contribution in [0.15, 0.2) is 24.4 Å². The number of aromatic nitrogens is 1. The minimum absolute atomic E-state index is 0.243. The van der Waals surface area contributed by atoms with Crippen LogP contribution in [0.3, 0.4) is 0 Å². The Labute approximate surface area is 95.7 Å². The first kappa shape index (κ1) is 11.1. The van der Waals surface area contributed by atoms with Gasteiger partial charge >= 0.3 is 0 Å². The normalized spacial score (nSPS) is 18.0. The van der Waals surface area contributed by atoms with Gasteiger partial charge < -0.3 is 10.2 Å². The molecule has 2 rings (SSSR count). The van der Waals surface area contributed by atoms with Crippen LogP contribution >= 0.6 is 0 Å². The Kier molecular flexibility index (Phi) is 3.88. The second-order valence-corrected chi connectivity index (χ2v) is 3.99. The zero-order valence-electron chi connectivity index (χ0n) is 9.35. The fourth-order valence-electron chi connectivity index (χ4n) is 1.84. The van der Waals surface area contributed by atoms with Crippen molar-refractivity contribution in [2.75, 3.05) is 19.6 Å². The van der Waals surface area contributed by atoms with Crippen LogP contribution < -0.4 is 5.32 Å². The first-order valence-electron chi connectivity index (χ1n) is 5.74. The monoisotopic (exact) mass is 219 g/mol. The van der Waals surface area contributed by atoms with Crippen molar-refractivity contribution in [3.63, 3.8) is 0 Å². The number of hydrogen-bond acceptors (Lipinski definition) is 3. The van der Waals surface area contributed by atoms with E-state index in [-0.39, 0.29) is 5.91 Å². The number of pyridine rings is 1. The minimum Gasteiger partial charge on any atom is -0.336 e. The van der Waals surface area contributed by atoms with Crippen LogP contribution in [0.1, 0.15) is 18.5 Å². The fourth-order valence-corrected chi connectivity index (χ4v) is 1.84. The summed E-state index contributed by atoms with van der Waals surface area (Å²) in [6.07, 6.45) is 3.33. The van der Waals surface area contributed by atoms with E-state index in [0.29, 0.717) is 13.0 Å². The van der Waals surface area contributed by atoms with Crippen LogP contribution in [0.4, 0.5) is 0 Å². The number of hydrogen-bond donors (Lipinski definition) is 1. The fraction of sp³-hybridized carbons (Fsp3) is 0.500. The summed E-state index contributed by atoms with van der Waals surface area (Å²) in [5.74, 6) is 0.243. The summed E-state index contributed by atoms with van der Waals surface area (Å²) in [5, 5.41) is 3.31. The van der Waals surface area contributed by atoms with Crippen LogP contribution in [-0.2, 0) is 11.3 Å². The second-order valence-electron chi connectivity index (χ2n) is 3.99. The van der Waals surface area contributed by atoms with E-state index in [2.05, 4.69) is 10.3 Å². The summed E-state index contributed by atoms with van der Waals surface area (Å²) in [6, 6.07) is 5.80. The van der Waals surface area contributed by atoms with E-state index in [1.54, 1.807) is 6.20 Å². The van der Waals surface area contributed by atoms with Gasteiger partial charge in [0, 0.05) is 25.7 Å². The molecular weight excluding hydrogens is 202 g/mol. The maximum Gasteiger partial charge on any atom is 0.223 e. The van der Waals surface area contributed by atoms with E-state index in [4.69, 9.17) is 0 Å². The first-order chi connectivity index (χ1) is 7.86. The quantitative estimate of drug-likeness (QED) is 0.800. The molecule has 0 aliphatic carbocycles. The standard InChI is InChI=1S/C12H17N3O/c16-12-5-3-6-13-8-9-15(12)10-11-4-1-2-7-14-11/h1-2,4,7,13H,3,5-6,8-10H2. The van der Waals surface area contributed by atoms with Crippen molar-refractivity contribution in [2.45, 2.75) is 19.4 Å². The number of carbonyl (C=O) groups is 1. The largest absolute Gasteiger partial charge is 0.336 e. The van der Waals surface area contributed by atoms with Gasteiger partial charge in [-0.2, -0.15) is 0 Å². The summed E-state index contributed by atoms with van der Waals surface area (Å²) in [5.41, 5.74) is 0.955. The lowest BCUT2D eigenvalue weighted by Gasteiger charge is -2.24. The van der Waals surface area contributed by atoms with Crippen molar-refractivity contribution >= 4 is 5.91 Å². The average Bonchev–Trinajstić information content (AvgIpc) is 2.30. The number of rotatable bonds is 2.